The van der Waals surface area contributed by atoms with E-state index in [2.05, 4.69) is 15.1 Å². The highest BCUT2D eigenvalue weighted by molar-refractivity contribution is 5.91. The molecule has 102 valence electrons. The fraction of sp³-hybridized carbons (Fsp3) is 0.154. The Morgan fingerprint density at radius 1 is 1.35 bits per heavy atom. The summed E-state index contributed by atoms with van der Waals surface area (Å²) in [5.74, 6) is -0.0809. The highest BCUT2D eigenvalue weighted by Crippen LogP contribution is 2.29. The number of ether oxygens (including phenoxy) is 1. The summed E-state index contributed by atoms with van der Waals surface area (Å²) in [6.45, 7) is 0. The Morgan fingerprint density at radius 2 is 2.15 bits per heavy atom. The number of hydrogen-bond acceptors (Lipinski definition) is 5. The number of nitrogen functional groups attached to an aromatic ring is 1. The van der Waals surface area contributed by atoms with Gasteiger partial charge in [-0.05, 0) is 18.2 Å². The van der Waals surface area contributed by atoms with E-state index < -0.39 is 5.82 Å². The fourth-order valence-electron chi connectivity index (χ4n) is 2.08. The van der Waals surface area contributed by atoms with Gasteiger partial charge in [0.15, 0.2) is 17.2 Å². The van der Waals surface area contributed by atoms with Gasteiger partial charge in [-0.3, -0.25) is 0 Å². The lowest BCUT2D eigenvalue weighted by molar-refractivity contribution is 0.386. The first kappa shape index (κ1) is 12.3. The Labute approximate surface area is 114 Å². The Hall–Kier alpha value is -2.70. The molecule has 0 amide bonds. The van der Waals surface area contributed by atoms with Crippen LogP contribution < -0.4 is 10.5 Å². The maximum Gasteiger partial charge on any atom is 0.222 e. The molecule has 2 N–H and O–H groups in total. The van der Waals surface area contributed by atoms with Crippen LogP contribution in [-0.2, 0) is 7.05 Å². The maximum atomic E-state index is 13.8. The Bertz CT molecular complexity index is 799. The quantitative estimate of drug-likeness (QED) is 0.769. The maximum absolute atomic E-state index is 13.8. The minimum atomic E-state index is -0.444. The largest absolute Gasteiger partial charge is 0.494 e. The first-order chi connectivity index (χ1) is 9.60. The van der Waals surface area contributed by atoms with Gasteiger partial charge < -0.3 is 10.5 Å². The van der Waals surface area contributed by atoms with Gasteiger partial charge in [-0.2, -0.15) is 10.1 Å². The van der Waals surface area contributed by atoms with Crippen LogP contribution in [0, 0.1) is 5.82 Å². The summed E-state index contributed by atoms with van der Waals surface area (Å²) < 4.78 is 20.3. The van der Waals surface area contributed by atoms with Crippen LogP contribution >= 0.6 is 0 Å². The van der Waals surface area contributed by atoms with Gasteiger partial charge in [-0.25, -0.2) is 14.1 Å². The monoisotopic (exact) mass is 273 g/mol. The second-order valence-corrected chi connectivity index (χ2v) is 4.29. The molecule has 6 nitrogen and oxygen atoms in total. The molecule has 0 saturated carbocycles. The van der Waals surface area contributed by atoms with Crippen LogP contribution in [0.5, 0.6) is 5.75 Å². The van der Waals surface area contributed by atoms with E-state index in [0.29, 0.717) is 22.3 Å². The number of aryl methyl sites for hydroxylation is 1. The molecule has 2 heterocycles. The molecule has 1 aromatic carbocycles. The van der Waals surface area contributed by atoms with Crippen molar-refractivity contribution in [2.75, 3.05) is 12.8 Å². The van der Waals surface area contributed by atoms with Crippen LogP contribution in [0.2, 0.25) is 0 Å². The zero-order valence-corrected chi connectivity index (χ0v) is 11.0. The molecule has 7 heteroatoms. The molecule has 0 bridgehead atoms. The van der Waals surface area contributed by atoms with Crippen molar-refractivity contribution in [2.24, 2.45) is 7.05 Å². The summed E-state index contributed by atoms with van der Waals surface area (Å²) in [7, 11) is 3.17. The molecule has 0 fully saturated rings. The van der Waals surface area contributed by atoms with E-state index in [1.807, 2.05) is 0 Å². The summed E-state index contributed by atoms with van der Waals surface area (Å²) >= 11 is 0. The Kier molecular flexibility index (Phi) is 2.74. The summed E-state index contributed by atoms with van der Waals surface area (Å²) in [5, 5.41) is 5.06. The smallest absolute Gasteiger partial charge is 0.222 e. The predicted octanol–water partition coefficient (Wildman–Crippen LogP) is 1.76. The highest BCUT2D eigenvalue weighted by Gasteiger charge is 2.14. The zero-order chi connectivity index (χ0) is 14.3. The number of methoxy groups -OCH3 is 1. The number of nitrogens with zero attached hydrogens (tertiary/aromatic N) is 4. The van der Waals surface area contributed by atoms with Crippen LogP contribution in [-0.4, -0.2) is 26.9 Å². The van der Waals surface area contributed by atoms with Gasteiger partial charge in [0.1, 0.15) is 5.69 Å². The van der Waals surface area contributed by atoms with Crippen LogP contribution in [0.1, 0.15) is 0 Å². The molecule has 2 aromatic heterocycles. The van der Waals surface area contributed by atoms with Crippen LogP contribution in [0.3, 0.4) is 0 Å². The van der Waals surface area contributed by atoms with Gasteiger partial charge in [0.2, 0.25) is 5.95 Å². The number of hydrogen-bond donors (Lipinski definition) is 1. The van der Waals surface area contributed by atoms with E-state index in [9.17, 15) is 4.39 Å². The van der Waals surface area contributed by atoms with Crippen molar-refractivity contribution in [3.8, 4) is 17.0 Å². The van der Waals surface area contributed by atoms with Gasteiger partial charge in [-0.15, -0.1) is 0 Å². The number of benzene rings is 1. The topological polar surface area (TPSA) is 78.8 Å². The van der Waals surface area contributed by atoms with Crippen molar-refractivity contribution in [1.29, 1.82) is 0 Å². The average molecular weight is 273 g/mol. The van der Waals surface area contributed by atoms with E-state index >= 15 is 0 Å². The first-order valence-electron chi connectivity index (χ1n) is 5.89. The summed E-state index contributed by atoms with van der Waals surface area (Å²) in [5.41, 5.74) is 7.39. The highest BCUT2D eigenvalue weighted by atomic mass is 19.1. The number of anilines is 1. The number of rotatable bonds is 2. The standard InChI is InChI=1S/C13H12FN5O/c1-19-12-8(6-16-13(15)17-12)11(18-19)7-3-4-10(20-2)9(14)5-7/h3-6H,1-2H3,(H2,15,16,17). The molecular formula is C13H12FN5O. The van der Waals surface area contributed by atoms with Gasteiger partial charge in [0.25, 0.3) is 0 Å². The third kappa shape index (κ3) is 1.83. The van der Waals surface area contributed by atoms with Crippen LogP contribution in [0.25, 0.3) is 22.3 Å². The molecule has 0 aliphatic rings. The Morgan fingerprint density at radius 3 is 2.85 bits per heavy atom. The normalized spacial score (nSPS) is 10.9. The molecule has 0 unspecified atom stereocenters. The lowest BCUT2D eigenvalue weighted by Crippen LogP contribution is -1.97. The van der Waals surface area contributed by atoms with Crippen molar-refractivity contribution in [1.82, 2.24) is 19.7 Å². The minimum absolute atomic E-state index is 0.174. The molecule has 0 atom stereocenters. The predicted molar refractivity (Wildman–Crippen MR) is 72.7 cm³/mol. The average Bonchev–Trinajstić information content (AvgIpc) is 2.76. The van der Waals surface area contributed by atoms with E-state index in [1.54, 1.807) is 30.1 Å². The second-order valence-electron chi connectivity index (χ2n) is 4.29. The van der Waals surface area contributed by atoms with Crippen molar-refractivity contribution in [3.05, 3.63) is 30.2 Å². The lowest BCUT2D eigenvalue weighted by atomic mass is 10.1. The Balaban J connectivity index is 2.22. The van der Waals surface area contributed by atoms with Crippen LogP contribution in [0.15, 0.2) is 24.4 Å². The number of aromatic nitrogens is 4. The van der Waals surface area contributed by atoms with E-state index in [-0.39, 0.29) is 11.7 Å². The van der Waals surface area contributed by atoms with E-state index in [4.69, 9.17) is 10.5 Å². The summed E-state index contributed by atoms with van der Waals surface area (Å²) in [6, 6.07) is 4.67. The van der Waals surface area contributed by atoms with Gasteiger partial charge in [0, 0.05) is 18.8 Å². The zero-order valence-electron chi connectivity index (χ0n) is 11.0. The molecular weight excluding hydrogens is 261 g/mol. The second kappa shape index (κ2) is 4.44. The van der Waals surface area contributed by atoms with Crippen molar-refractivity contribution < 1.29 is 9.13 Å². The summed E-state index contributed by atoms with van der Waals surface area (Å²) in [4.78, 5) is 8.08. The lowest BCUT2D eigenvalue weighted by Gasteiger charge is -2.03. The fourth-order valence-corrected chi connectivity index (χ4v) is 2.08. The summed E-state index contributed by atoms with van der Waals surface area (Å²) in [6.07, 6.45) is 1.59. The molecule has 0 radical (unpaired) electrons. The van der Waals surface area contributed by atoms with Crippen molar-refractivity contribution in [2.45, 2.75) is 0 Å². The van der Waals surface area contributed by atoms with E-state index in [1.165, 1.54) is 13.2 Å². The SMILES string of the molecule is COc1ccc(-c2nn(C)c3nc(N)ncc23)cc1F. The molecule has 0 aliphatic heterocycles. The first-order valence-corrected chi connectivity index (χ1v) is 5.89. The molecule has 0 aliphatic carbocycles. The van der Waals surface area contributed by atoms with Crippen LogP contribution in [0.4, 0.5) is 10.3 Å². The van der Waals surface area contributed by atoms with Gasteiger partial charge in [0.05, 0.1) is 12.5 Å². The van der Waals surface area contributed by atoms with Crippen molar-refractivity contribution >= 4 is 17.0 Å². The van der Waals surface area contributed by atoms with Crippen molar-refractivity contribution in [3.63, 3.8) is 0 Å². The third-order valence-corrected chi connectivity index (χ3v) is 3.02. The molecule has 3 aromatic rings. The van der Waals surface area contributed by atoms with Gasteiger partial charge in [-0.1, -0.05) is 0 Å². The van der Waals surface area contributed by atoms with E-state index in [0.717, 1.165) is 0 Å². The number of fused-ring (bicyclic) bond motifs is 1. The number of nitrogens with two attached hydrogens (primary N) is 1. The minimum Gasteiger partial charge on any atom is -0.494 e. The molecule has 3 rings (SSSR count). The van der Waals surface area contributed by atoms with Gasteiger partial charge >= 0.3 is 0 Å². The number of halogens is 1. The molecule has 0 spiro atoms. The third-order valence-electron chi connectivity index (χ3n) is 3.02. The molecule has 20 heavy (non-hydrogen) atoms. The molecule has 0 saturated heterocycles.